The number of primary amides is 1. The maximum absolute atomic E-state index is 12.1. The Hall–Kier alpha value is -2.74. The summed E-state index contributed by atoms with van der Waals surface area (Å²) in [6.45, 7) is 0. The van der Waals surface area contributed by atoms with Gasteiger partial charge in [0.15, 0.2) is 11.4 Å². The molecule has 1 aliphatic rings. The molecule has 31 heavy (non-hydrogen) atoms. The smallest absolute Gasteiger partial charge is 0.269 e. The average molecular weight is 462 g/mol. The number of hydrogen-bond donors (Lipinski definition) is 3. The SMILES string of the molecule is CSOONc1ccc2c(c1)-c1c(c(C(N)=O)nn1-c1ccc(OOSN)cc1)CC2. The molecule has 0 bridgehead atoms. The minimum Gasteiger partial charge on any atom is -0.364 e. The molecule has 4 rings (SSSR count). The lowest BCUT2D eigenvalue weighted by molar-refractivity contribution is -0.160. The summed E-state index contributed by atoms with van der Waals surface area (Å²) in [7, 11) is 0. The van der Waals surface area contributed by atoms with Crippen LogP contribution in [0.2, 0.25) is 0 Å². The highest BCUT2D eigenvalue weighted by Crippen LogP contribution is 2.38. The Balaban J connectivity index is 1.77. The van der Waals surface area contributed by atoms with Crippen LogP contribution in [0.25, 0.3) is 16.9 Å². The second-order valence-corrected chi connectivity index (χ2v) is 7.28. The van der Waals surface area contributed by atoms with Crippen molar-refractivity contribution in [2.45, 2.75) is 12.8 Å². The first-order chi connectivity index (χ1) is 15.1. The van der Waals surface area contributed by atoms with Crippen LogP contribution >= 0.6 is 24.3 Å². The number of amides is 1. The van der Waals surface area contributed by atoms with Crippen LogP contribution < -0.4 is 21.2 Å². The van der Waals surface area contributed by atoms with Crippen molar-refractivity contribution in [1.82, 2.24) is 9.78 Å². The molecule has 0 saturated carbocycles. The quantitative estimate of drug-likeness (QED) is 0.143. The van der Waals surface area contributed by atoms with E-state index < -0.39 is 5.91 Å². The zero-order valence-electron chi connectivity index (χ0n) is 16.4. The lowest BCUT2D eigenvalue weighted by atomic mass is 9.88. The Morgan fingerprint density at radius 1 is 1.16 bits per heavy atom. The van der Waals surface area contributed by atoms with Crippen molar-refractivity contribution < 1.29 is 23.3 Å². The van der Waals surface area contributed by atoms with Gasteiger partial charge in [0, 0.05) is 29.4 Å². The van der Waals surface area contributed by atoms with Gasteiger partial charge in [0.25, 0.3) is 5.91 Å². The Morgan fingerprint density at radius 2 is 1.97 bits per heavy atom. The summed E-state index contributed by atoms with van der Waals surface area (Å²) < 4.78 is 11.2. The lowest BCUT2D eigenvalue weighted by Crippen LogP contribution is -2.15. The minimum atomic E-state index is -0.572. The Labute approximate surface area is 186 Å². The fraction of sp³-hybridized carbons (Fsp3) is 0.158. The molecule has 1 aliphatic carbocycles. The molecule has 0 aliphatic heterocycles. The number of hydrogen-bond acceptors (Lipinski definition) is 10. The highest BCUT2D eigenvalue weighted by Gasteiger charge is 2.28. The van der Waals surface area contributed by atoms with E-state index in [1.54, 1.807) is 35.2 Å². The molecular weight excluding hydrogens is 442 g/mol. The first-order valence-electron chi connectivity index (χ1n) is 9.10. The largest absolute Gasteiger partial charge is 0.364 e. The van der Waals surface area contributed by atoms with E-state index in [0.717, 1.165) is 46.5 Å². The van der Waals surface area contributed by atoms with Gasteiger partial charge in [-0.15, -0.1) is 9.32 Å². The van der Waals surface area contributed by atoms with Crippen LogP contribution in [0.15, 0.2) is 42.5 Å². The van der Waals surface area contributed by atoms with E-state index in [1.165, 1.54) is 0 Å². The van der Waals surface area contributed by atoms with E-state index in [1.807, 2.05) is 18.2 Å². The van der Waals surface area contributed by atoms with Crippen molar-refractivity contribution in [2.24, 2.45) is 10.9 Å². The first-order valence-corrected chi connectivity index (χ1v) is 11.1. The summed E-state index contributed by atoms with van der Waals surface area (Å²) >= 11 is 1.68. The lowest BCUT2D eigenvalue weighted by Gasteiger charge is -2.20. The molecule has 0 fully saturated rings. The third-order valence-electron chi connectivity index (χ3n) is 4.74. The second-order valence-electron chi connectivity index (χ2n) is 6.49. The van der Waals surface area contributed by atoms with Gasteiger partial charge in [-0.3, -0.25) is 9.93 Å². The second kappa shape index (κ2) is 9.60. The van der Waals surface area contributed by atoms with Gasteiger partial charge in [0.2, 0.25) is 0 Å². The Morgan fingerprint density at radius 3 is 2.68 bits per heavy atom. The number of benzene rings is 2. The van der Waals surface area contributed by atoms with Crippen LogP contribution in [0.4, 0.5) is 5.69 Å². The van der Waals surface area contributed by atoms with Crippen molar-refractivity contribution in [2.75, 3.05) is 11.7 Å². The molecule has 12 heteroatoms. The standard InChI is InChI=1S/C19H19N5O5S2/c1-30-29-27-23-12-4-2-11-3-9-15-17(19(20)25)22-24(18(15)16(11)10-12)13-5-7-14(8-6-13)26-28-31-21/h2,4-8,10,23H,3,9,21H2,1H3,(H2,20,25). The highest BCUT2D eigenvalue weighted by atomic mass is 32.2. The molecule has 1 aromatic heterocycles. The van der Waals surface area contributed by atoms with Gasteiger partial charge >= 0.3 is 0 Å². The van der Waals surface area contributed by atoms with Gasteiger partial charge in [-0.1, -0.05) is 10.4 Å². The maximum Gasteiger partial charge on any atom is 0.269 e. The molecule has 0 unspecified atom stereocenters. The van der Waals surface area contributed by atoms with E-state index in [9.17, 15) is 4.79 Å². The molecule has 0 atom stereocenters. The number of anilines is 1. The number of rotatable bonds is 9. The Kier molecular flexibility index (Phi) is 6.65. The number of fused-ring (bicyclic) bond motifs is 3. The van der Waals surface area contributed by atoms with Gasteiger partial charge in [-0.2, -0.15) is 5.10 Å². The molecule has 1 amide bonds. The van der Waals surface area contributed by atoms with Crippen molar-refractivity contribution in [3.8, 4) is 22.7 Å². The van der Waals surface area contributed by atoms with Gasteiger partial charge < -0.3 is 10.6 Å². The average Bonchev–Trinajstić information content (AvgIpc) is 3.19. The summed E-state index contributed by atoms with van der Waals surface area (Å²) in [6, 6.07) is 12.8. The predicted molar refractivity (Wildman–Crippen MR) is 118 cm³/mol. The number of nitrogens with one attached hydrogen (secondary N) is 1. The highest BCUT2D eigenvalue weighted by molar-refractivity contribution is 7.93. The van der Waals surface area contributed by atoms with Crippen LogP contribution in [0.3, 0.4) is 0 Å². The number of carbonyl (C=O) groups excluding carboxylic acids is 1. The third-order valence-corrected chi connectivity index (χ3v) is 5.09. The summed E-state index contributed by atoms with van der Waals surface area (Å²) in [6.07, 6.45) is 3.15. The topological polar surface area (TPSA) is 136 Å². The summed E-state index contributed by atoms with van der Waals surface area (Å²) in [5.41, 5.74) is 13.7. The minimum absolute atomic E-state index is 0.254. The van der Waals surface area contributed by atoms with Crippen molar-refractivity contribution in [3.05, 3.63) is 59.3 Å². The molecule has 0 radical (unpaired) electrons. The van der Waals surface area contributed by atoms with Crippen LogP contribution in [-0.2, 0) is 26.5 Å². The van der Waals surface area contributed by atoms with Crippen molar-refractivity contribution >= 4 is 35.9 Å². The zero-order chi connectivity index (χ0) is 21.8. The van der Waals surface area contributed by atoms with Crippen molar-refractivity contribution in [3.63, 3.8) is 0 Å². The van der Waals surface area contributed by atoms with Crippen LogP contribution in [0.1, 0.15) is 21.6 Å². The fourth-order valence-corrected chi connectivity index (χ4v) is 3.71. The molecule has 0 saturated heterocycles. The van der Waals surface area contributed by atoms with Crippen molar-refractivity contribution in [1.29, 1.82) is 0 Å². The maximum atomic E-state index is 12.1. The van der Waals surface area contributed by atoms with Crippen LogP contribution in [0.5, 0.6) is 5.75 Å². The third kappa shape index (κ3) is 4.49. The number of nitrogens with zero attached hydrogens (tertiary/aromatic N) is 2. The van der Waals surface area contributed by atoms with Gasteiger partial charge in [-0.25, -0.2) is 10.2 Å². The monoisotopic (exact) mass is 461 g/mol. The van der Waals surface area contributed by atoms with E-state index in [-0.39, 0.29) is 5.69 Å². The summed E-state index contributed by atoms with van der Waals surface area (Å²) in [5, 5.41) is 9.71. The molecular formula is C19H19N5O5S2. The van der Waals surface area contributed by atoms with Gasteiger partial charge in [0.05, 0.1) is 17.1 Å². The van der Waals surface area contributed by atoms with E-state index in [2.05, 4.69) is 14.9 Å². The number of nitrogens with two attached hydrogens (primary N) is 2. The van der Waals surface area contributed by atoms with E-state index in [0.29, 0.717) is 30.1 Å². The van der Waals surface area contributed by atoms with E-state index in [4.69, 9.17) is 25.1 Å². The molecule has 0 spiro atoms. The predicted octanol–water partition coefficient (Wildman–Crippen LogP) is 3.12. The number of aromatic nitrogens is 2. The fourth-order valence-electron chi connectivity index (χ4n) is 3.49. The molecule has 10 nitrogen and oxygen atoms in total. The zero-order valence-corrected chi connectivity index (χ0v) is 18.0. The normalized spacial score (nSPS) is 12.2. The van der Waals surface area contributed by atoms with Crippen LogP contribution in [-0.4, -0.2) is 21.9 Å². The number of carbonyl (C=O) groups is 1. The number of aryl methyl sites for hydroxylation is 1. The molecule has 1 heterocycles. The van der Waals surface area contributed by atoms with E-state index >= 15 is 0 Å². The first kappa shape index (κ1) is 21.5. The Bertz CT molecular complexity index is 1090. The molecule has 5 N–H and O–H groups in total. The van der Waals surface area contributed by atoms with Gasteiger partial charge in [0.1, 0.15) is 12.2 Å². The van der Waals surface area contributed by atoms with Crippen LogP contribution in [0, 0.1) is 0 Å². The summed E-state index contributed by atoms with van der Waals surface area (Å²) in [5.74, 6) is -0.103. The molecule has 3 aromatic rings. The van der Waals surface area contributed by atoms with Gasteiger partial charge in [-0.05, 0) is 54.8 Å². The summed E-state index contributed by atoms with van der Waals surface area (Å²) in [4.78, 5) is 22.0. The molecule has 2 aromatic carbocycles. The molecule has 162 valence electrons.